The number of amides is 1. The maximum atomic E-state index is 12.4. The fourth-order valence-corrected chi connectivity index (χ4v) is 3.27. The van der Waals surface area contributed by atoms with Crippen molar-refractivity contribution >= 4 is 27.2 Å². The number of anilines is 1. The van der Waals surface area contributed by atoms with Crippen molar-refractivity contribution in [1.29, 1.82) is 0 Å². The highest BCUT2D eigenvalue weighted by molar-refractivity contribution is 7.92. The number of ketones is 1. The lowest BCUT2D eigenvalue weighted by molar-refractivity contribution is -0.115. The summed E-state index contributed by atoms with van der Waals surface area (Å²) in [7, 11) is -3.75. The molecule has 23 heavy (non-hydrogen) atoms. The Bertz CT molecular complexity index is 811. The topological polar surface area (TPSA) is 80.3 Å². The third kappa shape index (κ3) is 3.84. The zero-order valence-corrected chi connectivity index (χ0v) is 13.6. The van der Waals surface area contributed by atoms with Crippen LogP contribution in [0.5, 0.6) is 0 Å². The third-order valence-corrected chi connectivity index (χ3v) is 5.54. The Kier molecular flexibility index (Phi) is 4.95. The number of sulfone groups is 1. The van der Waals surface area contributed by atoms with Crippen LogP contribution >= 0.6 is 0 Å². The molecule has 0 aliphatic rings. The molecule has 0 spiro atoms. The number of hydrogen-bond donors (Lipinski definition) is 1. The van der Waals surface area contributed by atoms with Gasteiger partial charge in [0.1, 0.15) is 5.25 Å². The first-order valence-corrected chi connectivity index (χ1v) is 8.58. The van der Waals surface area contributed by atoms with Gasteiger partial charge in [-0.3, -0.25) is 9.59 Å². The number of rotatable bonds is 5. The van der Waals surface area contributed by atoms with E-state index in [-0.39, 0.29) is 10.7 Å². The summed E-state index contributed by atoms with van der Waals surface area (Å²) in [6, 6.07) is 14.1. The summed E-state index contributed by atoms with van der Waals surface area (Å²) in [6.45, 7) is 2.80. The van der Waals surface area contributed by atoms with E-state index in [4.69, 9.17) is 0 Å². The Hall–Kier alpha value is -2.47. The molecule has 0 radical (unpaired) electrons. The van der Waals surface area contributed by atoms with Gasteiger partial charge in [0.15, 0.2) is 15.6 Å². The molecule has 0 aliphatic heterocycles. The molecule has 120 valence electrons. The molecule has 5 nitrogen and oxygen atoms in total. The minimum atomic E-state index is -3.75. The molecule has 0 saturated carbocycles. The van der Waals surface area contributed by atoms with Crippen LogP contribution in [0.4, 0.5) is 5.69 Å². The van der Waals surface area contributed by atoms with Gasteiger partial charge in [0, 0.05) is 11.3 Å². The normalized spacial score (nSPS) is 12.4. The van der Waals surface area contributed by atoms with E-state index in [1.54, 1.807) is 42.5 Å². The second-order valence-electron chi connectivity index (χ2n) is 5.12. The van der Waals surface area contributed by atoms with Crippen LogP contribution in [-0.2, 0) is 14.6 Å². The molecule has 0 fully saturated rings. The van der Waals surface area contributed by atoms with Crippen molar-refractivity contribution in [3.8, 4) is 0 Å². The molecule has 2 aromatic rings. The molecule has 0 aromatic heterocycles. The highest BCUT2D eigenvalue weighted by Gasteiger charge is 2.29. The monoisotopic (exact) mass is 331 g/mol. The molecule has 2 aromatic carbocycles. The molecule has 1 amide bonds. The van der Waals surface area contributed by atoms with Gasteiger partial charge in [-0.2, -0.15) is 0 Å². The average molecular weight is 331 g/mol. The van der Waals surface area contributed by atoms with Crippen LogP contribution in [0.1, 0.15) is 24.2 Å². The molecular formula is C17H17NO4S. The maximum Gasteiger partial charge on any atom is 0.242 e. The Balaban J connectivity index is 2.15. The van der Waals surface area contributed by atoms with Gasteiger partial charge >= 0.3 is 0 Å². The van der Waals surface area contributed by atoms with Crippen LogP contribution in [0.3, 0.4) is 0 Å². The van der Waals surface area contributed by atoms with Gasteiger partial charge in [-0.15, -0.1) is 0 Å². The predicted octanol–water partition coefficient (Wildman–Crippen LogP) is 2.69. The standard InChI is InChI=1S/C17H17NO4S/c1-12(19)14-8-10-15(11-9-14)18-17(20)13(2)23(21,22)16-6-4-3-5-7-16/h3-11,13H,1-2H3,(H,18,20). The van der Waals surface area contributed by atoms with Crippen molar-refractivity contribution in [3.63, 3.8) is 0 Å². The van der Waals surface area contributed by atoms with Crippen molar-refractivity contribution in [1.82, 2.24) is 0 Å². The zero-order valence-electron chi connectivity index (χ0n) is 12.8. The summed E-state index contributed by atoms with van der Waals surface area (Å²) in [5, 5.41) is 1.33. The van der Waals surface area contributed by atoms with E-state index in [0.29, 0.717) is 11.3 Å². The first-order valence-electron chi connectivity index (χ1n) is 7.03. The molecule has 0 saturated heterocycles. The third-order valence-electron chi connectivity index (χ3n) is 3.47. The molecule has 1 unspecified atom stereocenters. The number of carbonyl (C=O) groups excluding carboxylic acids is 2. The van der Waals surface area contributed by atoms with E-state index in [0.717, 1.165) is 0 Å². The lowest BCUT2D eigenvalue weighted by Gasteiger charge is -2.13. The molecule has 6 heteroatoms. The van der Waals surface area contributed by atoms with Crippen LogP contribution in [0, 0.1) is 0 Å². The molecule has 0 aliphatic carbocycles. The van der Waals surface area contributed by atoms with E-state index in [2.05, 4.69) is 5.32 Å². The highest BCUT2D eigenvalue weighted by Crippen LogP contribution is 2.17. The van der Waals surface area contributed by atoms with Gasteiger partial charge in [-0.1, -0.05) is 18.2 Å². The first-order chi connectivity index (χ1) is 10.8. The van der Waals surface area contributed by atoms with Crippen molar-refractivity contribution in [3.05, 3.63) is 60.2 Å². The lowest BCUT2D eigenvalue weighted by atomic mass is 10.1. The fourth-order valence-electron chi connectivity index (χ4n) is 1.99. The highest BCUT2D eigenvalue weighted by atomic mass is 32.2. The maximum absolute atomic E-state index is 12.4. The van der Waals surface area contributed by atoms with Gasteiger partial charge in [0.2, 0.25) is 5.91 Å². The van der Waals surface area contributed by atoms with Gasteiger partial charge in [0.05, 0.1) is 4.90 Å². The molecule has 0 heterocycles. The van der Waals surface area contributed by atoms with Crippen molar-refractivity contribution < 1.29 is 18.0 Å². The quantitative estimate of drug-likeness (QED) is 0.854. The van der Waals surface area contributed by atoms with E-state index in [1.807, 2.05) is 0 Å². The molecule has 0 bridgehead atoms. The second kappa shape index (κ2) is 6.75. The molecular weight excluding hydrogens is 314 g/mol. The Morgan fingerprint density at radius 1 is 0.957 bits per heavy atom. The van der Waals surface area contributed by atoms with E-state index < -0.39 is 21.0 Å². The van der Waals surface area contributed by atoms with Crippen LogP contribution < -0.4 is 5.32 Å². The number of Topliss-reactive ketones (excluding diaryl/α,β-unsaturated/α-hetero) is 1. The van der Waals surface area contributed by atoms with Crippen molar-refractivity contribution in [2.24, 2.45) is 0 Å². The minimum absolute atomic E-state index is 0.0806. The molecule has 1 atom stereocenters. The van der Waals surface area contributed by atoms with E-state index in [1.165, 1.54) is 26.0 Å². The fraction of sp³-hybridized carbons (Fsp3) is 0.176. The van der Waals surface area contributed by atoms with Gasteiger partial charge in [-0.05, 0) is 50.2 Å². The summed E-state index contributed by atoms with van der Waals surface area (Å²) in [5.74, 6) is -0.702. The van der Waals surface area contributed by atoms with Crippen LogP contribution in [0.25, 0.3) is 0 Å². The lowest BCUT2D eigenvalue weighted by Crippen LogP contribution is -2.32. The van der Waals surface area contributed by atoms with Crippen molar-refractivity contribution in [2.45, 2.75) is 24.0 Å². The average Bonchev–Trinajstić information content (AvgIpc) is 2.55. The first kappa shape index (κ1) is 16.9. The zero-order chi connectivity index (χ0) is 17.0. The SMILES string of the molecule is CC(=O)c1ccc(NC(=O)C(C)S(=O)(=O)c2ccccc2)cc1. The Morgan fingerprint density at radius 3 is 2.04 bits per heavy atom. The Morgan fingerprint density at radius 2 is 1.52 bits per heavy atom. The second-order valence-corrected chi connectivity index (χ2v) is 7.39. The number of nitrogens with one attached hydrogen (secondary N) is 1. The van der Waals surface area contributed by atoms with Gasteiger partial charge < -0.3 is 5.32 Å². The van der Waals surface area contributed by atoms with Crippen molar-refractivity contribution in [2.75, 3.05) is 5.32 Å². The summed E-state index contributed by atoms with van der Waals surface area (Å²) in [5.41, 5.74) is 0.961. The van der Waals surface area contributed by atoms with E-state index >= 15 is 0 Å². The molecule has 2 rings (SSSR count). The number of hydrogen-bond acceptors (Lipinski definition) is 4. The largest absolute Gasteiger partial charge is 0.325 e. The summed E-state index contributed by atoms with van der Waals surface area (Å²) < 4.78 is 24.8. The summed E-state index contributed by atoms with van der Waals surface area (Å²) >= 11 is 0. The van der Waals surface area contributed by atoms with Crippen LogP contribution in [-0.4, -0.2) is 25.4 Å². The van der Waals surface area contributed by atoms with Crippen LogP contribution in [0.15, 0.2) is 59.5 Å². The van der Waals surface area contributed by atoms with Crippen LogP contribution in [0.2, 0.25) is 0 Å². The van der Waals surface area contributed by atoms with E-state index in [9.17, 15) is 18.0 Å². The van der Waals surface area contributed by atoms with Gasteiger partial charge in [-0.25, -0.2) is 8.42 Å². The number of benzene rings is 2. The smallest absolute Gasteiger partial charge is 0.242 e. The molecule has 1 N–H and O–H groups in total. The summed E-state index contributed by atoms with van der Waals surface area (Å²) in [6.07, 6.45) is 0. The minimum Gasteiger partial charge on any atom is -0.325 e. The number of carbonyl (C=O) groups is 2. The Labute approximate surface area is 135 Å². The van der Waals surface area contributed by atoms with Gasteiger partial charge in [0.25, 0.3) is 0 Å². The predicted molar refractivity (Wildman–Crippen MR) is 88.2 cm³/mol. The summed E-state index contributed by atoms with van der Waals surface area (Å²) in [4.78, 5) is 23.5.